The second-order valence-corrected chi connectivity index (χ2v) is 9.26. The third-order valence-electron chi connectivity index (χ3n) is 4.99. The molecular weight excluding hydrogens is 534 g/mol. The van der Waals surface area contributed by atoms with Crippen molar-refractivity contribution in [1.82, 2.24) is 0 Å². The van der Waals surface area contributed by atoms with E-state index < -0.39 is 5.97 Å². The molecule has 0 saturated carbocycles. The Hall–Kier alpha value is -3.56. The highest BCUT2D eigenvalue weighted by molar-refractivity contribution is 9.10. The number of carbonyl (C=O) groups is 3. The quantitative estimate of drug-likeness (QED) is 0.324. The Morgan fingerprint density at radius 1 is 1.06 bits per heavy atom. The number of thioether (sulfide) groups is 1. The fourth-order valence-corrected chi connectivity index (χ4v) is 4.86. The molecule has 9 heteroatoms. The molecule has 0 bridgehead atoms. The molecule has 1 aliphatic rings. The van der Waals surface area contributed by atoms with E-state index in [0.29, 0.717) is 44.3 Å². The molecule has 35 heavy (non-hydrogen) atoms. The SMILES string of the molecule is CCOc1cc(/C=C2/SC(=O)N(c3ccccc3)C2=O)cc(Br)c1OCc1cccc(C(=O)O)c1. The average Bonchev–Trinajstić information content (AvgIpc) is 3.12. The van der Waals surface area contributed by atoms with Crippen molar-refractivity contribution in [2.24, 2.45) is 0 Å². The van der Waals surface area contributed by atoms with Gasteiger partial charge in [-0.15, -0.1) is 0 Å². The summed E-state index contributed by atoms with van der Waals surface area (Å²) in [6.07, 6.45) is 1.64. The number of carboxylic acids is 1. The predicted octanol–water partition coefficient (Wildman–Crippen LogP) is 6.37. The van der Waals surface area contributed by atoms with Crippen LogP contribution >= 0.6 is 27.7 Å². The van der Waals surface area contributed by atoms with Crippen LogP contribution in [-0.4, -0.2) is 28.8 Å². The maximum Gasteiger partial charge on any atom is 0.335 e. The number of aromatic carboxylic acids is 1. The molecule has 1 heterocycles. The predicted molar refractivity (Wildman–Crippen MR) is 138 cm³/mol. The van der Waals surface area contributed by atoms with Crippen molar-refractivity contribution >= 4 is 56.6 Å². The van der Waals surface area contributed by atoms with Crippen LogP contribution in [0.3, 0.4) is 0 Å². The van der Waals surface area contributed by atoms with Crippen LogP contribution in [0, 0.1) is 0 Å². The van der Waals surface area contributed by atoms with E-state index in [1.165, 1.54) is 6.07 Å². The van der Waals surface area contributed by atoms with Gasteiger partial charge in [0.1, 0.15) is 6.61 Å². The molecule has 4 rings (SSSR count). The number of carbonyl (C=O) groups excluding carboxylic acids is 2. The van der Waals surface area contributed by atoms with Crippen molar-refractivity contribution in [1.29, 1.82) is 0 Å². The molecule has 178 valence electrons. The monoisotopic (exact) mass is 553 g/mol. The summed E-state index contributed by atoms with van der Waals surface area (Å²) in [5.74, 6) is -0.505. The standard InChI is InChI=1S/C26H20BrNO6S/c1-2-33-21-13-17(14-22-24(29)28(26(32)35-22)19-9-4-3-5-10-19)12-20(27)23(21)34-15-16-7-6-8-18(11-16)25(30)31/h3-14H,2,15H2,1H3,(H,30,31)/b22-14+. The van der Waals surface area contributed by atoms with Gasteiger partial charge in [0.15, 0.2) is 11.5 Å². The van der Waals surface area contributed by atoms with Crippen LogP contribution < -0.4 is 14.4 Å². The first-order valence-electron chi connectivity index (χ1n) is 10.6. The van der Waals surface area contributed by atoms with E-state index in [-0.39, 0.29) is 23.3 Å². The van der Waals surface area contributed by atoms with E-state index in [4.69, 9.17) is 9.47 Å². The van der Waals surface area contributed by atoms with Gasteiger partial charge < -0.3 is 14.6 Å². The zero-order chi connectivity index (χ0) is 24.9. The van der Waals surface area contributed by atoms with E-state index in [0.717, 1.165) is 16.7 Å². The van der Waals surface area contributed by atoms with Crippen molar-refractivity contribution in [2.45, 2.75) is 13.5 Å². The van der Waals surface area contributed by atoms with Crippen LogP contribution in [0.1, 0.15) is 28.4 Å². The minimum absolute atomic E-state index is 0.134. The van der Waals surface area contributed by atoms with Gasteiger partial charge in [0.2, 0.25) is 0 Å². The van der Waals surface area contributed by atoms with Gasteiger partial charge in [0.05, 0.1) is 27.2 Å². The first-order chi connectivity index (χ1) is 16.9. The van der Waals surface area contributed by atoms with E-state index in [2.05, 4.69) is 15.9 Å². The maximum atomic E-state index is 12.9. The van der Waals surface area contributed by atoms with E-state index >= 15 is 0 Å². The number of halogens is 1. The van der Waals surface area contributed by atoms with Crippen molar-refractivity contribution in [3.05, 3.63) is 92.8 Å². The topological polar surface area (TPSA) is 93.1 Å². The number of rotatable bonds is 8. The van der Waals surface area contributed by atoms with Crippen molar-refractivity contribution < 1.29 is 29.0 Å². The number of hydrogen-bond donors (Lipinski definition) is 1. The third-order valence-corrected chi connectivity index (χ3v) is 6.45. The lowest BCUT2D eigenvalue weighted by molar-refractivity contribution is -0.113. The highest BCUT2D eigenvalue weighted by Crippen LogP contribution is 2.40. The first kappa shape index (κ1) is 24.6. The number of para-hydroxylation sites is 1. The lowest BCUT2D eigenvalue weighted by Crippen LogP contribution is -2.27. The average molecular weight is 554 g/mol. The zero-order valence-corrected chi connectivity index (χ0v) is 21.0. The molecule has 1 aliphatic heterocycles. The van der Waals surface area contributed by atoms with Gasteiger partial charge in [-0.05, 0) is 88.2 Å². The smallest absolute Gasteiger partial charge is 0.335 e. The number of ether oxygens (including phenoxy) is 2. The molecule has 0 radical (unpaired) electrons. The molecule has 1 N–H and O–H groups in total. The minimum atomic E-state index is -1.01. The summed E-state index contributed by atoms with van der Waals surface area (Å²) >= 11 is 4.38. The Bertz CT molecular complexity index is 1320. The van der Waals surface area contributed by atoms with Gasteiger partial charge in [-0.3, -0.25) is 9.59 Å². The van der Waals surface area contributed by atoms with Crippen LogP contribution in [0.5, 0.6) is 11.5 Å². The molecule has 3 aromatic carbocycles. The first-order valence-corrected chi connectivity index (χ1v) is 12.2. The van der Waals surface area contributed by atoms with Crippen molar-refractivity contribution in [2.75, 3.05) is 11.5 Å². The highest BCUT2D eigenvalue weighted by Gasteiger charge is 2.36. The van der Waals surface area contributed by atoms with Crippen LogP contribution in [0.2, 0.25) is 0 Å². The molecule has 0 aromatic heterocycles. The molecule has 1 saturated heterocycles. The molecule has 2 amide bonds. The number of hydrogen-bond acceptors (Lipinski definition) is 6. The van der Waals surface area contributed by atoms with Crippen LogP contribution in [0.15, 0.2) is 76.1 Å². The lowest BCUT2D eigenvalue weighted by Gasteiger charge is -2.15. The van der Waals surface area contributed by atoms with Crippen LogP contribution in [0.4, 0.5) is 10.5 Å². The number of nitrogens with zero attached hydrogens (tertiary/aromatic N) is 1. The number of imide groups is 1. The van der Waals surface area contributed by atoms with Gasteiger partial charge >= 0.3 is 5.97 Å². The number of carboxylic acid groups (broad SMARTS) is 1. The summed E-state index contributed by atoms with van der Waals surface area (Å²) < 4.78 is 12.3. The molecular formula is C26H20BrNO6S. The molecule has 0 unspecified atom stereocenters. The van der Waals surface area contributed by atoms with Crippen molar-refractivity contribution in [3.8, 4) is 11.5 Å². The Kier molecular flexibility index (Phi) is 7.57. The molecule has 7 nitrogen and oxygen atoms in total. The van der Waals surface area contributed by atoms with Gasteiger partial charge in [0, 0.05) is 0 Å². The molecule has 3 aromatic rings. The molecule has 0 aliphatic carbocycles. The fourth-order valence-electron chi connectivity index (χ4n) is 3.44. The Morgan fingerprint density at radius 2 is 1.83 bits per heavy atom. The summed E-state index contributed by atoms with van der Waals surface area (Å²) in [7, 11) is 0. The molecule has 1 fully saturated rings. The minimum Gasteiger partial charge on any atom is -0.490 e. The third kappa shape index (κ3) is 5.58. The van der Waals surface area contributed by atoms with Gasteiger partial charge in [0.25, 0.3) is 11.1 Å². The number of benzene rings is 3. The van der Waals surface area contributed by atoms with Crippen molar-refractivity contribution in [3.63, 3.8) is 0 Å². The van der Waals surface area contributed by atoms with E-state index in [9.17, 15) is 19.5 Å². The fraction of sp³-hybridized carbons (Fsp3) is 0.115. The van der Waals surface area contributed by atoms with Gasteiger partial charge in [-0.1, -0.05) is 30.3 Å². The lowest BCUT2D eigenvalue weighted by atomic mass is 10.1. The van der Waals surface area contributed by atoms with Crippen LogP contribution in [0.25, 0.3) is 6.08 Å². The summed E-state index contributed by atoms with van der Waals surface area (Å²) in [5.41, 5.74) is 2.04. The van der Waals surface area contributed by atoms with Crippen LogP contribution in [-0.2, 0) is 11.4 Å². The normalized spacial score (nSPS) is 14.5. The molecule has 0 atom stereocenters. The summed E-state index contributed by atoms with van der Waals surface area (Å²) in [4.78, 5) is 38.1. The van der Waals surface area contributed by atoms with Gasteiger partial charge in [-0.25, -0.2) is 9.69 Å². The Morgan fingerprint density at radius 3 is 2.54 bits per heavy atom. The zero-order valence-electron chi connectivity index (χ0n) is 18.6. The molecule has 0 spiro atoms. The number of anilines is 1. The summed E-state index contributed by atoms with van der Waals surface area (Å²) in [6, 6.07) is 18.8. The van der Waals surface area contributed by atoms with E-state index in [1.807, 2.05) is 13.0 Å². The van der Waals surface area contributed by atoms with Gasteiger partial charge in [-0.2, -0.15) is 0 Å². The maximum absolute atomic E-state index is 12.9. The number of amides is 2. The Labute approximate surface area is 214 Å². The largest absolute Gasteiger partial charge is 0.490 e. The summed E-state index contributed by atoms with van der Waals surface area (Å²) in [6.45, 7) is 2.35. The highest BCUT2D eigenvalue weighted by atomic mass is 79.9. The second kappa shape index (κ2) is 10.8. The van der Waals surface area contributed by atoms with E-state index in [1.54, 1.807) is 60.7 Å². The summed E-state index contributed by atoms with van der Waals surface area (Å²) in [5, 5.41) is 8.83. The Balaban J connectivity index is 1.59. The second-order valence-electron chi connectivity index (χ2n) is 7.41.